The van der Waals surface area contributed by atoms with Crippen LogP contribution in [-0.2, 0) is 6.54 Å². The maximum atomic E-state index is 13.4. The van der Waals surface area contributed by atoms with Crippen LogP contribution in [0.1, 0.15) is 23.7 Å². The molecule has 4 N–H and O–H groups in total. The Bertz CT molecular complexity index is 403. The molecule has 5 heteroatoms. The highest BCUT2D eigenvalue weighted by Gasteiger charge is 2.21. The minimum absolute atomic E-state index is 0.0364. The number of hydrogen-bond acceptors (Lipinski definition) is 4. The Morgan fingerprint density at radius 2 is 2.12 bits per heavy atom. The molecule has 0 aliphatic heterocycles. The molecule has 0 saturated carbocycles. The zero-order valence-corrected chi connectivity index (χ0v) is 8.60. The number of halogens is 1. The van der Waals surface area contributed by atoms with Crippen LogP contribution in [0.25, 0.3) is 0 Å². The topological polar surface area (TPSA) is 90.3 Å². The normalized spacial score (nSPS) is 14.2. The van der Waals surface area contributed by atoms with Crippen molar-refractivity contribution in [1.29, 1.82) is 5.26 Å². The lowest BCUT2D eigenvalue weighted by Crippen LogP contribution is -2.19. The van der Waals surface area contributed by atoms with Gasteiger partial charge in [-0.1, -0.05) is 6.07 Å². The maximum absolute atomic E-state index is 13.4. The fourth-order valence-corrected chi connectivity index (χ4v) is 1.36. The molecule has 2 unspecified atom stereocenters. The molecule has 16 heavy (non-hydrogen) atoms. The number of aliphatic hydroxyl groups is 2. The van der Waals surface area contributed by atoms with Crippen LogP contribution in [-0.4, -0.2) is 16.3 Å². The van der Waals surface area contributed by atoms with Gasteiger partial charge >= 0.3 is 0 Å². The van der Waals surface area contributed by atoms with Crippen molar-refractivity contribution >= 4 is 0 Å². The van der Waals surface area contributed by atoms with Crippen molar-refractivity contribution in [1.82, 2.24) is 0 Å². The summed E-state index contributed by atoms with van der Waals surface area (Å²) in [4.78, 5) is 0. The fourth-order valence-electron chi connectivity index (χ4n) is 1.36. The molecule has 4 nitrogen and oxygen atoms in total. The first kappa shape index (κ1) is 12.6. The molecule has 0 fully saturated rings. The smallest absolute Gasteiger partial charge is 0.129 e. The minimum Gasteiger partial charge on any atom is -0.389 e. The van der Waals surface area contributed by atoms with E-state index in [1.54, 1.807) is 6.07 Å². The van der Waals surface area contributed by atoms with Crippen LogP contribution in [0, 0.1) is 17.1 Å². The molecule has 0 amide bonds. The number of aliphatic hydroxyl groups excluding tert-OH is 2. The van der Waals surface area contributed by atoms with E-state index in [-0.39, 0.29) is 18.5 Å². The van der Waals surface area contributed by atoms with Crippen molar-refractivity contribution in [3.63, 3.8) is 0 Å². The van der Waals surface area contributed by atoms with E-state index in [0.29, 0.717) is 5.56 Å². The Morgan fingerprint density at radius 1 is 1.44 bits per heavy atom. The van der Waals surface area contributed by atoms with E-state index in [1.807, 2.05) is 0 Å². The van der Waals surface area contributed by atoms with Crippen molar-refractivity contribution in [2.24, 2.45) is 5.73 Å². The van der Waals surface area contributed by atoms with Gasteiger partial charge in [0.1, 0.15) is 11.9 Å². The Hall–Kier alpha value is -1.48. The van der Waals surface area contributed by atoms with Crippen LogP contribution < -0.4 is 5.73 Å². The highest BCUT2D eigenvalue weighted by Crippen LogP contribution is 2.22. The van der Waals surface area contributed by atoms with Gasteiger partial charge in [0.25, 0.3) is 0 Å². The summed E-state index contributed by atoms with van der Waals surface area (Å²) in [6.45, 7) is 0.217. The van der Waals surface area contributed by atoms with Crippen LogP contribution in [0.4, 0.5) is 4.39 Å². The van der Waals surface area contributed by atoms with E-state index in [4.69, 9.17) is 11.0 Å². The van der Waals surface area contributed by atoms with Crippen molar-refractivity contribution in [2.75, 3.05) is 0 Å². The van der Waals surface area contributed by atoms with Gasteiger partial charge < -0.3 is 15.9 Å². The first-order valence-electron chi connectivity index (χ1n) is 4.81. The molecule has 0 aliphatic rings. The maximum Gasteiger partial charge on any atom is 0.129 e. The summed E-state index contributed by atoms with van der Waals surface area (Å²) < 4.78 is 13.4. The summed E-state index contributed by atoms with van der Waals surface area (Å²) in [5.74, 6) is -0.623. The first-order valence-corrected chi connectivity index (χ1v) is 4.81. The molecule has 0 aliphatic carbocycles. The van der Waals surface area contributed by atoms with E-state index in [0.717, 1.165) is 0 Å². The molecule has 0 spiro atoms. The number of benzene rings is 1. The monoisotopic (exact) mass is 224 g/mol. The molecule has 0 bridgehead atoms. The molecule has 1 aromatic carbocycles. The molecule has 1 rings (SSSR count). The second kappa shape index (κ2) is 5.56. The van der Waals surface area contributed by atoms with Gasteiger partial charge in [0.15, 0.2) is 0 Å². The number of rotatable bonds is 4. The standard InChI is InChI=1S/C11H13FN2O2/c12-9-2-1-7(6-14)5-8(9)11(16)10(15)3-4-13/h1-2,5,10-11,15-16H,3,6,14H2. The van der Waals surface area contributed by atoms with Gasteiger partial charge in [-0.05, 0) is 17.7 Å². The van der Waals surface area contributed by atoms with Gasteiger partial charge in [-0.15, -0.1) is 0 Å². The average molecular weight is 224 g/mol. The lowest BCUT2D eigenvalue weighted by Gasteiger charge is -2.16. The van der Waals surface area contributed by atoms with Gasteiger partial charge in [-0.25, -0.2) is 4.39 Å². The van der Waals surface area contributed by atoms with Crippen LogP contribution in [0.5, 0.6) is 0 Å². The summed E-state index contributed by atoms with van der Waals surface area (Å²) >= 11 is 0. The van der Waals surface area contributed by atoms with Crippen LogP contribution in [0.3, 0.4) is 0 Å². The third-order valence-electron chi connectivity index (χ3n) is 2.28. The van der Waals surface area contributed by atoms with Gasteiger partial charge in [0.2, 0.25) is 0 Å². The SMILES string of the molecule is N#CCC(O)C(O)c1cc(CN)ccc1F. The zero-order chi connectivity index (χ0) is 12.1. The van der Waals surface area contributed by atoms with Gasteiger partial charge in [0, 0.05) is 12.1 Å². The highest BCUT2D eigenvalue weighted by molar-refractivity contribution is 5.27. The average Bonchev–Trinajstić information content (AvgIpc) is 2.29. The minimum atomic E-state index is -1.41. The molecular formula is C11H13FN2O2. The van der Waals surface area contributed by atoms with Crippen molar-refractivity contribution in [3.05, 3.63) is 35.1 Å². The predicted octanol–water partition coefficient (Wildman–Crippen LogP) is 0.592. The molecule has 1 aromatic rings. The van der Waals surface area contributed by atoms with Crippen LogP contribution in [0.15, 0.2) is 18.2 Å². The van der Waals surface area contributed by atoms with E-state index >= 15 is 0 Å². The summed E-state index contributed by atoms with van der Waals surface area (Å²) in [6.07, 6.45) is -2.97. The Labute approximate surface area is 92.7 Å². The van der Waals surface area contributed by atoms with E-state index in [2.05, 4.69) is 0 Å². The summed E-state index contributed by atoms with van der Waals surface area (Å²) in [6, 6.07) is 5.78. The van der Waals surface area contributed by atoms with E-state index in [9.17, 15) is 14.6 Å². The molecule has 86 valence electrons. The van der Waals surface area contributed by atoms with E-state index in [1.165, 1.54) is 18.2 Å². The van der Waals surface area contributed by atoms with Gasteiger partial charge in [0.05, 0.1) is 18.6 Å². The second-order valence-corrected chi connectivity index (χ2v) is 3.43. The summed E-state index contributed by atoms with van der Waals surface area (Å²) in [5, 5.41) is 27.4. The quantitative estimate of drug-likeness (QED) is 0.698. The largest absolute Gasteiger partial charge is 0.389 e. The van der Waals surface area contributed by atoms with Gasteiger partial charge in [-0.3, -0.25) is 0 Å². The lowest BCUT2D eigenvalue weighted by molar-refractivity contribution is 0.0194. The van der Waals surface area contributed by atoms with Crippen LogP contribution >= 0.6 is 0 Å². The molecule has 0 heterocycles. The fraction of sp³-hybridized carbons (Fsp3) is 0.364. The number of nitriles is 1. The number of hydrogen-bond donors (Lipinski definition) is 3. The third-order valence-corrected chi connectivity index (χ3v) is 2.28. The van der Waals surface area contributed by atoms with Crippen LogP contribution in [0.2, 0.25) is 0 Å². The Balaban J connectivity index is 2.98. The number of nitrogens with two attached hydrogens (primary N) is 1. The third kappa shape index (κ3) is 2.76. The van der Waals surface area contributed by atoms with Crippen molar-refractivity contribution < 1.29 is 14.6 Å². The predicted molar refractivity (Wildman–Crippen MR) is 55.5 cm³/mol. The zero-order valence-electron chi connectivity index (χ0n) is 8.60. The highest BCUT2D eigenvalue weighted by atomic mass is 19.1. The van der Waals surface area contributed by atoms with Gasteiger partial charge in [-0.2, -0.15) is 5.26 Å². The Morgan fingerprint density at radius 3 is 2.69 bits per heavy atom. The van der Waals surface area contributed by atoms with Crippen molar-refractivity contribution in [2.45, 2.75) is 25.2 Å². The number of nitrogens with zero attached hydrogens (tertiary/aromatic N) is 1. The molecule has 0 saturated heterocycles. The molecule has 2 atom stereocenters. The lowest BCUT2D eigenvalue weighted by atomic mass is 10.00. The second-order valence-electron chi connectivity index (χ2n) is 3.43. The van der Waals surface area contributed by atoms with E-state index < -0.39 is 18.0 Å². The summed E-state index contributed by atoms with van der Waals surface area (Å²) in [7, 11) is 0. The Kier molecular flexibility index (Phi) is 4.38. The summed E-state index contributed by atoms with van der Waals surface area (Å²) in [5.41, 5.74) is 6.00. The van der Waals surface area contributed by atoms with Crippen molar-refractivity contribution in [3.8, 4) is 6.07 Å². The molecular weight excluding hydrogens is 211 g/mol. The molecule has 0 radical (unpaired) electrons. The molecule has 0 aromatic heterocycles. The first-order chi connectivity index (χ1) is 7.60.